The number of methoxy groups -OCH3 is 1. The second-order valence-electron chi connectivity index (χ2n) is 11.1. The minimum atomic E-state index is -4.11. The summed E-state index contributed by atoms with van der Waals surface area (Å²) < 4.78 is 41.9. The maximum atomic E-state index is 13.8. The van der Waals surface area contributed by atoms with Crippen molar-refractivity contribution >= 4 is 39.2 Å². The summed E-state index contributed by atoms with van der Waals surface area (Å²) in [5.41, 5.74) is 2.97. The standard InChI is InChI=1S/C38H31ClN4O6S/c1-48-37(44)25-35(27-14-12-26(13-15-27)32-10-5-6-11-36(32)49-30-8-3-2-4-9-30)41-38(45)33-24-28(39)16-21-34(33)42-50(46,47)31-19-17-29(18-20-31)43-23-7-22-40-43/h2-24,35,42H,25H2,1H3,(H,41,45). The topological polar surface area (TPSA) is 129 Å². The van der Waals surface area contributed by atoms with E-state index in [-0.39, 0.29) is 27.6 Å². The number of carbonyl (C=O) groups is 2. The van der Waals surface area contributed by atoms with E-state index in [4.69, 9.17) is 21.1 Å². The van der Waals surface area contributed by atoms with Gasteiger partial charge >= 0.3 is 5.97 Å². The zero-order valence-corrected chi connectivity index (χ0v) is 28.3. The Hall–Kier alpha value is -5.91. The first-order valence-corrected chi connectivity index (χ1v) is 17.3. The highest BCUT2D eigenvalue weighted by Crippen LogP contribution is 2.34. The maximum absolute atomic E-state index is 13.8. The summed E-state index contributed by atoms with van der Waals surface area (Å²) in [6.45, 7) is 0. The van der Waals surface area contributed by atoms with Crippen LogP contribution < -0.4 is 14.8 Å². The number of halogens is 1. The minimum Gasteiger partial charge on any atom is -0.469 e. The molecule has 1 aromatic heterocycles. The molecule has 12 heteroatoms. The van der Waals surface area contributed by atoms with Crippen LogP contribution in [0.15, 0.2) is 145 Å². The van der Waals surface area contributed by atoms with Crippen LogP contribution in [0.2, 0.25) is 5.02 Å². The van der Waals surface area contributed by atoms with E-state index in [1.54, 1.807) is 47.4 Å². The Bertz CT molecular complexity index is 2210. The van der Waals surface area contributed by atoms with Crippen molar-refractivity contribution in [1.29, 1.82) is 0 Å². The summed E-state index contributed by atoms with van der Waals surface area (Å²) in [6.07, 6.45) is 3.18. The number of hydrogen-bond acceptors (Lipinski definition) is 7. The lowest BCUT2D eigenvalue weighted by atomic mass is 9.98. The lowest BCUT2D eigenvalue weighted by Crippen LogP contribution is -2.31. The summed E-state index contributed by atoms with van der Waals surface area (Å²) in [4.78, 5) is 26.3. The molecule has 5 aromatic carbocycles. The van der Waals surface area contributed by atoms with Crippen LogP contribution in [0, 0.1) is 0 Å². The number of nitrogens with zero attached hydrogens (tertiary/aromatic N) is 2. The van der Waals surface area contributed by atoms with Crippen molar-refractivity contribution < 1.29 is 27.5 Å². The van der Waals surface area contributed by atoms with Crippen LogP contribution in [0.4, 0.5) is 5.69 Å². The van der Waals surface area contributed by atoms with Gasteiger partial charge < -0.3 is 14.8 Å². The molecule has 0 aliphatic rings. The second-order valence-corrected chi connectivity index (χ2v) is 13.2. The van der Waals surface area contributed by atoms with Gasteiger partial charge in [0.2, 0.25) is 0 Å². The number of anilines is 1. The molecule has 2 N–H and O–H groups in total. The van der Waals surface area contributed by atoms with E-state index in [1.165, 1.54) is 37.4 Å². The van der Waals surface area contributed by atoms with Crippen LogP contribution in [-0.4, -0.2) is 37.2 Å². The molecule has 0 aliphatic carbocycles. The Morgan fingerprint density at radius 1 is 0.860 bits per heavy atom. The van der Waals surface area contributed by atoms with Gasteiger partial charge in [-0.25, -0.2) is 13.1 Å². The van der Waals surface area contributed by atoms with E-state index in [1.807, 2.05) is 66.7 Å². The number of carbonyl (C=O) groups excluding carboxylic acids is 2. The number of benzene rings is 5. The number of sulfonamides is 1. The molecular formula is C38H31ClN4O6S. The lowest BCUT2D eigenvalue weighted by Gasteiger charge is -2.20. The molecule has 0 saturated carbocycles. The van der Waals surface area contributed by atoms with Crippen LogP contribution in [0.3, 0.4) is 0 Å². The average Bonchev–Trinajstić information content (AvgIpc) is 3.68. The SMILES string of the molecule is COC(=O)CC(NC(=O)c1cc(Cl)ccc1NS(=O)(=O)c1ccc(-n2cccn2)cc1)c1ccc(-c2ccccc2Oc2ccccc2)cc1. The van der Waals surface area contributed by atoms with Gasteiger partial charge in [0, 0.05) is 23.0 Å². The molecule has 1 amide bonds. The Morgan fingerprint density at radius 3 is 2.28 bits per heavy atom. The fourth-order valence-corrected chi connectivity index (χ4v) is 6.49. The molecule has 1 unspecified atom stereocenters. The Labute approximate surface area is 294 Å². The first-order valence-electron chi connectivity index (χ1n) is 15.4. The third-order valence-electron chi connectivity index (χ3n) is 7.77. The molecule has 10 nitrogen and oxygen atoms in total. The molecule has 0 bridgehead atoms. The van der Waals surface area contributed by atoms with Crippen molar-refractivity contribution in [3.05, 3.63) is 156 Å². The number of hydrogen-bond donors (Lipinski definition) is 2. The maximum Gasteiger partial charge on any atom is 0.307 e. The monoisotopic (exact) mass is 706 g/mol. The van der Waals surface area contributed by atoms with Gasteiger partial charge in [0.25, 0.3) is 15.9 Å². The molecule has 0 spiro atoms. The second kappa shape index (κ2) is 15.1. The predicted molar refractivity (Wildman–Crippen MR) is 191 cm³/mol. The van der Waals surface area contributed by atoms with E-state index in [0.29, 0.717) is 22.7 Å². The van der Waals surface area contributed by atoms with Crippen LogP contribution in [0.25, 0.3) is 16.8 Å². The molecule has 0 aliphatic heterocycles. The molecule has 1 atom stereocenters. The van der Waals surface area contributed by atoms with Gasteiger partial charge in [0.1, 0.15) is 11.5 Å². The number of amides is 1. The predicted octanol–water partition coefficient (Wildman–Crippen LogP) is 7.82. The zero-order valence-electron chi connectivity index (χ0n) is 26.7. The van der Waals surface area contributed by atoms with Gasteiger partial charge in [0.05, 0.1) is 41.4 Å². The van der Waals surface area contributed by atoms with Gasteiger partial charge in [-0.2, -0.15) is 5.10 Å². The van der Waals surface area contributed by atoms with Gasteiger partial charge in [-0.15, -0.1) is 0 Å². The average molecular weight is 707 g/mol. The van der Waals surface area contributed by atoms with Gasteiger partial charge in [-0.05, 0) is 77.9 Å². The van der Waals surface area contributed by atoms with Crippen molar-refractivity contribution in [2.24, 2.45) is 0 Å². The third-order valence-corrected chi connectivity index (χ3v) is 9.39. The fraction of sp³-hybridized carbons (Fsp3) is 0.0789. The Morgan fingerprint density at radius 2 is 1.58 bits per heavy atom. The molecule has 252 valence electrons. The summed E-state index contributed by atoms with van der Waals surface area (Å²) >= 11 is 6.27. The van der Waals surface area contributed by atoms with Gasteiger partial charge in [-0.3, -0.25) is 14.3 Å². The summed E-state index contributed by atoms with van der Waals surface area (Å²) in [5.74, 6) is 0.157. The van der Waals surface area contributed by atoms with Crippen molar-refractivity contribution in [3.63, 3.8) is 0 Å². The molecule has 0 fully saturated rings. The highest BCUT2D eigenvalue weighted by Gasteiger charge is 2.24. The first kappa shape index (κ1) is 34.0. The summed E-state index contributed by atoms with van der Waals surface area (Å²) in [5, 5.41) is 7.23. The highest BCUT2D eigenvalue weighted by molar-refractivity contribution is 7.92. The van der Waals surface area contributed by atoms with E-state index in [2.05, 4.69) is 15.1 Å². The molecule has 1 heterocycles. The molecule has 6 aromatic rings. The van der Waals surface area contributed by atoms with E-state index < -0.39 is 27.9 Å². The number of nitrogens with one attached hydrogen (secondary N) is 2. The molecule has 6 rings (SSSR count). The van der Waals surface area contributed by atoms with Crippen molar-refractivity contribution in [3.8, 4) is 28.3 Å². The number of rotatable bonds is 12. The zero-order chi connectivity index (χ0) is 35.1. The molecule has 50 heavy (non-hydrogen) atoms. The molecular weight excluding hydrogens is 676 g/mol. The fourth-order valence-electron chi connectivity index (χ4n) is 5.24. The van der Waals surface area contributed by atoms with E-state index in [0.717, 1.165) is 11.1 Å². The van der Waals surface area contributed by atoms with Crippen LogP contribution in [0.1, 0.15) is 28.4 Å². The van der Waals surface area contributed by atoms with Crippen molar-refractivity contribution in [1.82, 2.24) is 15.1 Å². The van der Waals surface area contributed by atoms with E-state index in [9.17, 15) is 18.0 Å². The van der Waals surface area contributed by atoms with Crippen LogP contribution >= 0.6 is 11.6 Å². The highest BCUT2D eigenvalue weighted by atomic mass is 35.5. The largest absolute Gasteiger partial charge is 0.469 e. The van der Waals surface area contributed by atoms with Crippen LogP contribution in [0.5, 0.6) is 11.5 Å². The lowest BCUT2D eigenvalue weighted by molar-refractivity contribution is -0.141. The van der Waals surface area contributed by atoms with E-state index >= 15 is 0 Å². The Balaban J connectivity index is 1.24. The van der Waals surface area contributed by atoms with Gasteiger partial charge in [-0.1, -0.05) is 72.3 Å². The molecule has 0 saturated heterocycles. The van der Waals surface area contributed by atoms with Crippen molar-refractivity contribution in [2.75, 3.05) is 11.8 Å². The van der Waals surface area contributed by atoms with Crippen molar-refractivity contribution in [2.45, 2.75) is 17.4 Å². The third kappa shape index (κ3) is 8.03. The quantitative estimate of drug-likeness (QED) is 0.124. The summed E-state index contributed by atoms with van der Waals surface area (Å²) in [7, 11) is -2.85. The number of esters is 1. The first-order chi connectivity index (χ1) is 24.2. The Kier molecular flexibility index (Phi) is 10.3. The van der Waals surface area contributed by atoms with Crippen LogP contribution in [-0.2, 0) is 19.6 Å². The number of para-hydroxylation sites is 2. The smallest absolute Gasteiger partial charge is 0.307 e. The number of aromatic nitrogens is 2. The van der Waals surface area contributed by atoms with Gasteiger partial charge in [0.15, 0.2) is 0 Å². The molecule has 0 radical (unpaired) electrons. The minimum absolute atomic E-state index is 0.00485. The summed E-state index contributed by atoms with van der Waals surface area (Å²) in [6, 6.07) is 35.7. The normalized spacial score (nSPS) is 11.7. The number of ether oxygens (including phenoxy) is 2.